The van der Waals surface area contributed by atoms with Crippen LogP contribution in [0.1, 0.15) is 22.3 Å². The first-order valence-electron chi connectivity index (χ1n) is 10.3. The van der Waals surface area contributed by atoms with Crippen LogP contribution in [0.4, 0.5) is 9.18 Å². The van der Waals surface area contributed by atoms with Gasteiger partial charge in [-0.2, -0.15) is 0 Å². The van der Waals surface area contributed by atoms with Gasteiger partial charge in [0.05, 0.1) is 18.6 Å². The lowest BCUT2D eigenvalue weighted by molar-refractivity contribution is -0.123. The van der Waals surface area contributed by atoms with Gasteiger partial charge in [-0.1, -0.05) is 54.1 Å². The minimum Gasteiger partial charge on any atom is -0.493 e. The Bertz CT molecular complexity index is 1240. The number of amides is 2. The predicted molar refractivity (Wildman–Crippen MR) is 126 cm³/mol. The Kier molecular flexibility index (Phi) is 6.79. The number of methoxy groups -OCH3 is 1. The molecule has 0 aliphatic carbocycles. The first-order chi connectivity index (χ1) is 15.9. The summed E-state index contributed by atoms with van der Waals surface area (Å²) >= 11 is 0.832. The highest BCUT2D eigenvalue weighted by Crippen LogP contribution is 2.35. The molecule has 33 heavy (non-hydrogen) atoms. The summed E-state index contributed by atoms with van der Waals surface area (Å²) in [6.07, 6.45) is 1.62. The van der Waals surface area contributed by atoms with E-state index in [2.05, 4.69) is 6.07 Å². The van der Waals surface area contributed by atoms with Gasteiger partial charge in [0, 0.05) is 5.56 Å². The quantitative estimate of drug-likeness (QED) is 0.405. The third-order valence-corrected chi connectivity index (χ3v) is 6.03. The summed E-state index contributed by atoms with van der Waals surface area (Å²) in [6, 6.07) is 19.4. The van der Waals surface area contributed by atoms with Crippen molar-refractivity contribution in [2.24, 2.45) is 0 Å². The molecular weight excluding hydrogens is 441 g/mol. The number of nitrogens with zero attached hydrogens (tertiary/aromatic N) is 1. The van der Waals surface area contributed by atoms with Crippen LogP contribution in [0.25, 0.3) is 6.08 Å². The highest BCUT2D eigenvalue weighted by Gasteiger charge is 2.35. The third kappa shape index (κ3) is 5.26. The lowest BCUT2D eigenvalue weighted by Crippen LogP contribution is -2.27. The molecule has 0 spiro atoms. The van der Waals surface area contributed by atoms with Crippen molar-refractivity contribution in [3.8, 4) is 11.5 Å². The Balaban J connectivity index is 1.49. The molecule has 168 valence electrons. The zero-order chi connectivity index (χ0) is 23.4. The summed E-state index contributed by atoms with van der Waals surface area (Å²) in [4.78, 5) is 26.5. The summed E-state index contributed by atoms with van der Waals surface area (Å²) in [5.41, 5.74) is 3.18. The van der Waals surface area contributed by atoms with E-state index in [4.69, 9.17) is 9.47 Å². The summed E-state index contributed by atoms with van der Waals surface area (Å²) in [5.74, 6) is 0.185. The summed E-state index contributed by atoms with van der Waals surface area (Å²) in [7, 11) is 1.54. The van der Waals surface area contributed by atoms with Crippen LogP contribution >= 0.6 is 11.8 Å². The van der Waals surface area contributed by atoms with Crippen LogP contribution < -0.4 is 9.47 Å². The summed E-state index contributed by atoms with van der Waals surface area (Å²) < 4.78 is 25.3. The van der Waals surface area contributed by atoms with Gasteiger partial charge in [0.15, 0.2) is 11.5 Å². The zero-order valence-corrected chi connectivity index (χ0v) is 19.0. The topological polar surface area (TPSA) is 55.8 Å². The van der Waals surface area contributed by atoms with Crippen molar-refractivity contribution in [2.45, 2.75) is 20.1 Å². The number of carbonyl (C=O) groups is 2. The molecule has 5 nitrogen and oxygen atoms in total. The number of halogens is 1. The monoisotopic (exact) mass is 463 g/mol. The maximum atomic E-state index is 14.0. The Hall–Kier alpha value is -3.58. The van der Waals surface area contributed by atoms with Gasteiger partial charge in [-0.05, 0) is 54.1 Å². The Labute approximate surface area is 195 Å². The van der Waals surface area contributed by atoms with E-state index in [0.29, 0.717) is 23.7 Å². The number of thioether (sulfide) groups is 1. The van der Waals surface area contributed by atoms with Crippen molar-refractivity contribution in [1.29, 1.82) is 0 Å². The molecule has 1 aliphatic heterocycles. The molecule has 0 radical (unpaired) electrons. The fourth-order valence-corrected chi connectivity index (χ4v) is 4.28. The van der Waals surface area contributed by atoms with E-state index >= 15 is 0 Å². The molecule has 7 heteroatoms. The minimum absolute atomic E-state index is 0.107. The van der Waals surface area contributed by atoms with Gasteiger partial charge in [0.2, 0.25) is 0 Å². The standard InChI is InChI=1S/C26H22FNO4S/c1-17-6-5-7-19(12-17)16-32-22-11-10-18(13-23(22)31-2)14-24-25(29)28(26(30)33-24)15-20-8-3-4-9-21(20)27/h3-14H,15-16H2,1-2H3/b24-14-. The van der Waals surface area contributed by atoms with Gasteiger partial charge in [-0.3, -0.25) is 14.5 Å². The van der Waals surface area contributed by atoms with Crippen molar-refractivity contribution < 1.29 is 23.5 Å². The largest absolute Gasteiger partial charge is 0.493 e. The number of imide groups is 1. The average molecular weight is 464 g/mol. The van der Waals surface area contributed by atoms with Crippen LogP contribution in [0.15, 0.2) is 71.6 Å². The second kappa shape index (κ2) is 9.92. The second-order valence-corrected chi connectivity index (χ2v) is 8.54. The molecule has 4 rings (SSSR count). The Morgan fingerprint density at radius 3 is 2.58 bits per heavy atom. The van der Waals surface area contributed by atoms with Gasteiger partial charge < -0.3 is 9.47 Å². The fraction of sp³-hybridized carbons (Fsp3) is 0.154. The third-order valence-electron chi connectivity index (χ3n) is 5.12. The Morgan fingerprint density at radius 1 is 1.00 bits per heavy atom. The van der Waals surface area contributed by atoms with Crippen LogP contribution in [-0.2, 0) is 17.9 Å². The molecule has 0 unspecified atom stereocenters. The van der Waals surface area contributed by atoms with Crippen molar-refractivity contribution in [1.82, 2.24) is 4.90 Å². The van der Waals surface area contributed by atoms with Gasteiger partial charge in [-0.25, -0.2) is 4.39 Å². The summed E-state index contributed by atoms with van der Waals surface area (Å²) in [6.45, 7) is 2.31. The molecule has 2 amide bonds. The SMILES string of the molecule is COc1cc(/C=C2\SC(=O)N(Cc3ccccc3F)C2=O)ccc1OCc1cccc(C)c1. The summed E-state index contributed by atoms with van der Waals surface area (Å²) in [5, 5.41) is -0.431. The molecule has 0 saturated carbocycles. The van der Waals surface area contributed by atoms with E-state index in [0.717, 1.165) is 27.8 Å². The second-order valence-electron chi connectivity index (χ2n) is 7.55. The molecular formula is C26H22FNO4S. The first-order valence-corrected chi connectivity index (χ1v) is 11.1. The number of aryl methyl sites for hydroxylation is 1. The number of rotatable bonds is 7. The van der Waals surface area contributed by atoms with Gasteiger partial charge >= 0.3 is 0 Å². The van der Waals surface area contributed by atoms with Gasteiger partial charge in [-0.15, -0.1) is 0 Å². The maximum Gasteiger partial charge on any atom is 0.293 e. The number of hydrogen-bond donors (Lipinski definition) is 0. The molecule has 1 fully saturated rings. The molecule has 3 aromatic carbocycles. The highest BCUT2D eigenvalue weighted by molar-refractivity contribution is 8.18. The van der Waals surface area contributed by atoms with E-state index in [1.165, 1.54) is 6.07 Å². The first kappa shape index (κ1) is 22.6. The number of benzene rings is 3. The van der Waals surface area contributed by atoms with Gasteiger partial charge in [0.25, 0.3) is 11.1 Å². The van der Waals surface area contributed by atoms with Crippen LogP contribution in [0.5, 0.6) is 11.5 Å². The maximum absolute atomic E-state index is 14.0. The zero-order valence-electron chi connectivity index (χ0n) is 18.2. The normalized spacial score (nSPS) is 14.8. The molecule has 3 aromatic rings. The van der Waals surface area contributed by atoms with Crippen molar-refractivity contribution in [2.75, 3.05) is 7.11 Å². The van der Waals surface area contributed by atoms with Crippen LogP contribution in [0.3, 0.4) is 0 Å². The highest BCUT2D eigenvalue weighted by atomic mass is 32.2. The lowest BCUT2D eigenvalue weighted by atomic mass is 10.1. The van der Waals surface area contributed by atoms with E-state index in [9.17, 15) is 14.0 Å². The predicted octanol–water partition coefficient (Wildman–Crippen LogP) is 5.96. The molecule has 0 aromatic heterocycles. The number of ether oxygens (including phenoxy) is 2. The Morgan fingerprint density at radius 2 is 1.82 bits per heavy atom. The van der Waals surface area contributed by atoms with E-state index in [1.54, 1.807) is 49.6 Å². The molecule has 0 atom stereocenters. The van der Waals surface area contributed by atoms with E-state index in [-0.39, 0.29) is 17.0 Å². The van der Waals surface area contributed by atoms with Crippen LogP contribution in [0, 0.1) is 12.7 Å². The lowest BCUT2D eigenvalue weighted by Gasteiger charge is -2.13. The molecule has 0 bridgehead atoms. The molecule has 0 N–H and O–H groups in total. The van der Waals surface area contributed by atoms with Crippen molar-refractivity contribution in [3.05, 3.63) is 99.7 Å². The van der Waals surface area contributed by atoms with Crippen LogP contribution in [-0.4, -0.2) is 23.2 Å². The number of carbonyl (C=O) groups excluding carboxylic acids is 2. The molecule has 1 saturated heterocycles. The van der Waals surface area contributed by atoms with E-state index < -0.39 is 17.0 Å². The minimum atomic E-state index is -0.452. The van der Waals surface area contributed by atoms with E-state index in [1.807, 2.05) is 25.1 Å². The van der Waals surface area contributed by atoms with Crippen molar-refractivity contribution >= 4 is 29.0 Å². The van der Waals surface area contributed by atoms with Crippen LogP contribution in [0.2, 0.25) is 0 Å². The fourth-order valence-electron chi connectivity index (χ4n) is 3.44. The van der Waals surface area contributed by atoms with Gasteiger partial charge in [0.1, 0.15) is 12.4 Å². The molecule has 1 heterocycles. The van der Waals surface area contributed by atoms with Crippen molar-refractivity contribution in [3.63, 3.8) is 0 Å². The number of hydrogen-bond acceptors (Lipinski definition) is 5. The smallest absolute Gasteiger partial charge is 0.293 e. The average Bonchev–Trinajstić information content (AvgIpc) is 3.07. The molecule has 1 aliphatic rings.